The second-order valence-electron chi connectivity index (χ2n) is 8.40. The predicted molar refractivity (Wildman–Crippen MR) is 120 cm³/mol. The summed E-state index contributed by atoms with van der Waals surface area (Å²) in [5.74, 6) is -1.08. The number of rotatable bonds is 6. The quantitative estimate of drug-likeness (QED) is 0.487. The number of halogens is 4. The maximum Gasteiger partial charge on any atom is 0.433 e. The molecule has 4 nitrogen and oxygen atoms in total. The zero-order valence-electron chi connectivity index (χ0n) is 18.4. The average molecular weight is 472 g/mol. The molecule has 0 bridgehead atoms. The molecular formula is C26H24F4N2O2. The first-order valence-electron chi connectivity index (χ1n) is 11.1. The van der Waals surface area contributed by atoms with Gasteiger partial charge in [-0.15, -0.1) is 0 Å². The third-order valence-corrected chi connectivity index (χ3v) is 6.07. The summed E-state index contributed by atoms with van der Waals surface area (Å²) in [6.45, 7) is 0.128. The number of aliphatic hydroxyl groups is 1. The molecule has 1 aromatic heterocycles. The monoisotopic (exact) mass is 472 g/mol. The second kappa shape index (κ2) is 9.93. The van der Waals surface area contributed by atoms with Crippen molar-refractivity contribution in [3.63, 3.8) is 0 Å². The first-order chi connectivity index (χ1) is 16.2. The Balaban J connectivity index is 1.59. The van der Waals surface area contributed by atoms with E-state index in [0.717, 1.165) is 43.5 Å². The van der Waals surface area contributed by atoms with Crippen LogP contribution in [0.4, 0.5) is 23.2 Å². The van der Waals surface area contributed by atoms with Crippen LogP contribution in [0.3, 0.4) is 0 Å². The molecule has 0 unspecified atom stereocenters. The Bertz CT molecular complexity index is 1140. The second-order valence-corrected chi connectivity index (χ2v) is 8.40. The fourth-order valence-electron chi connectivity index (χ4n) is 4.17. The van der Waals surface area contributed by atoms with Crippen LogP contribution in [0, 0.1) is 5.82 Å². The minimum atomic E-state index is -4.52. The normalized spacial score (nSPS) is 14.4. The Labute approximate surface area is 194 Å². The summed E-state index contributed by atoms with van der Waals surface area (Å²) in [4.78, 5) is 18.2. The summed E-state index contributed by atoms with van der Waals surface area (Å²) in [5.41, 5.74) is 2.78. The van der Waals surface area contributed by atoms with Crippen molar-refractivity contribution >= 4 is 11.6 Å². The van der Waals surface area contributed by atoms with Crippen molar-refractivity contribution in [2.45, 2.75) is 44.4 Å². The Kier molecular flexibility index (Phi) is 6.97. The lowest BCUT2D eigenvalue weighted by Gasteiger charge is -2.27. The van der Waals surface area contributed by atoms with Gasteiger partial charge in [0.2, 0.25) is 0 Å². The number of anilines is 1. The van der Waals surface area contributed by atoms with Crippen LogP contribution in [0.1, 0.15) is 46.9 Å². The molecule has 0 saturated heterocycles. The molecule has 4 rings (SSSR count). The maximum absolute atomic E-state index is 13.3. The van der Waals surface area contributed by atoms with E-state index in [0.29, 0.717) is 11.3 Å². The van der Waals surface area contributed by atoms with E-state index in [1.54, 1.807) is 0 Å². The number of hydrogen-bond donors (Lipinski definition) is 1. The third kappa shape index (κ3) is 5.44. The Morgan fingerprint density at radius 2 is 1.71 bits per heavy atom. The van der Waals surface area contributed by atoms with Gasteiger partial charge in [0.05, 0.1) is 0 Å². The van der Waals surface area contributed by atoms with Crippen LogP contribution in [-0.2, 0) is 30.2 Å². The van der Waals surface area contributed by atoms with Gasteiger partial charge in [0.15, 0.2) is 6.10 Å². The molecule has 1 aliphatic rings. The minimum absolute atomic E-state index is 0.128. The SMILES string of the molecule is O=C([C@@H](O)c1ccc(F)cc1)N(CCc1ccc(C(F)(F)F)nc1)c1ccc2c(c1)CCCC2. The van der Waals surface area contributed by atoms with Crippen molar-refractivity contribution in [2.24, 2.45) is 0 Å². The topological polar surface area (TPSA) is 53.4 Å². The molecule has 0 fully saturated rings. The smallest absolute Gasteiger partial charge is 0.378 e. The molecule has 34 heavy (non-hydrogen) atoms. The highest BCUT2D eigenvalue weighted by Crippen LogP contribution is 2.29. The van der Waals surface area contributed by atoms with Gasteiger partial charge in [-0.2, -0.15) is 13.2 Å². The van der Waals surface area contributed by atoms with Crippen molar-refractivity contribution in [2.75, 3.05) is 11.4 Å². The molecule has 0 aliphatic heterocycles. The number of carbonyl (C=O) groups excluding carboxylic acids is 1. The van der Waals surface area contributed by atoms with E-state index in [1.165, 1.54) is 40.8 Å². The third-order valence-electron chi connectivity index (χ3n) is 6.07. The number of aliphatic hydroxyl groups excluding tert-OH is 1. The highest BCUT2D eigenvalue weighted by atomic mass is 19.4. The summed E-state index contributed by atoms with van der Waals surface area (Å²) in [5, 5.41) is 10.7. The predicted octanol–water partition coefficient (Wildman–Crippen LogP) is 5.43. The fourth-order valence-corrected chi connectivity index (χ4v) is 4.17. The van der Waals surface area contributed by atoms with E-state index in [9.17, 15) is 27.5 Å². The Morgan fingerprint density at radius 1 is 1.00 bits per heavy atom. The highest BCUT2D eigenvalue weighted by Gasteiger charge is 2.32. The molecule has 3 aromatic rings. The maximum atomic E-state index is 13.3. The lowest BCUT2D eigenvalue weighted by atomic mass is 9.91. The van der Waals surface area contributed by atoms with Crippen LogP contribution < -0.4 is 4.90 Å². The molecule has 178 valence electrons. The van der Waals surface area contributed by atoms with Crippen LogP contribution in [0.5, 0.6) is 0 Å². The molecule has 1 aliphatic carbocycles. The summed E-state index contributed by atoms with van der Waals surface area (Å²) in [6.07, 6.45) is -0.615. The van der Waals surface area contributed by atoms with Gasteiger partial charge in [-0.1, -0.05) is 24.3 Å². The average Bonchev–Trinajstić information content (AvgIpc) is 2.83. The largest absolute Gasteiger partial charge is 0.433 e. The van der Waals surface area contributed by atoms with Crippen LogP contribution in [0.2, 0.25) is 0 Å². The van der Waals surface area contributed by atoms with Gasteiger partial charge in [0.1, 0.15) is 11.5 Å². The van der Waals surface area contributed by atoms with Gasteiger partial charge in [-0.25, -0.2) is 4.39 Å². The Morgan fingerprint density at radius 3 is 2.35 bits per heavy atom. The molecule has 1 amide bonds. The number of benzene rings is 2. The van der Waals surface area contributed by atoms with E-state index < -0.39 is 29.7 Å². The molecular weight excluding hydrogens is 448 g/mol. The molecule has 1 heterocycles. The van der Waals surface area contributed by atoms with Crippen LogP contribution in [-0.4, -0.2) is 22.5 Å². The fraction of sp³-hybridized carbons (Fsp3) is 0.308. The number of amides is 1. The first kappa shape index (κ1) is 23.9. The van der Waals surface area contributed by atoms with E-state index >= 15 is 0 Å². The number of aryl methyl sites for hydroxylation is 2. The zero-order chi connectivity index (χ0) is 24.3. The van der Waals surface area contributed by atoms with Crippen molar-refractivity contribution < 1.29 is 27.5 Å². The number of alkyl halides is 3. The van der Waals surface area contributed by atoms with Crippen molar-refractivity contribution in [3.8, 4) is 0 Å². The first-order valence-corrected chi connectivity index (χ1v) is 11.1. The number of fused-ring (bicyclic) bond motifs is 1. The van der Waals surface area contributed by atoms with Gasteiger partial charge in [0, 0.05) is 18.4 Å². The summed E-state index contributed by atoms with van der Waals surface area (Å²) < 4.78 is 51.7. The zero-order valence-corrected chi connectivity index (χ0v) is 18.4. The number of nitrogens with zero attached hydrogens (tertiary/aromatic N) is 2. The van der Waals surface area contributed by atoms with E-state index in [2.05, 4.69) is 4.98 Å². The Hall–Kier alpha value is -3.26. The lowest BCUT2D eigenvalue weighted by Crippen LogP contribution is -2.37. The van der Waals surface area contributed by atoms with Crippen molar-refractivity contribution in [1.29, 1.82) is 0 Å². The van der Waals surface area contributed by atoms with Crippen LogP contribution in [0.15, 0.2) is 60.8 Å². The summed E-state index contributed by atoms with van der Waals surface area (Å²) in [7, 11) is 0. The van der Waals surface area contributed by atoms with Crippen LogP contribution >= 0.6 is 0 Å². The van der Waals surface area contributed by atoms with E-state index in [4.69, 9.17) is 0 Å². The number of aromatic nitrogens is 1. The van der Waals surface area contributed by atoms with Gasteiger partial charge in [0.25, 0.3) is 5.91 Å². The lowest BCUT2D eigenvalue weighted by molar-refractivity contribution is -0.141. The number of hydrogen-bond acceptors (Lipinski definition) is 3. The van der Waals surface area contributed by atoms with E-state index in [-0.39, 0.29) is 18.5 Å². The molecule has 0 radical (unpaired) electrons. The molecule has 8 heteroatoms. The standard InChI is InChI=1S/C26H24F4N2O2/c27-21-9-6-19(7-10-21)24(33)25(34)32(22-11-8-18-3-1-2-4-20(18)15-22)14-13-17-5-12-23(31-16-17)26(28,29)30/h5-12,15-16,24,33H,1-4,13-14H2/t24-/m0/s1. The molecule has 1 N–H and O–H groups in total. The minimum Gasteiger partial charge on any atom is -0.378 e. The highest BCUT2D eigenvalue weighted by molar-refractivity contribution is 5.97. The number of carbonyl (C=O) groups is 1. The van der Waals surface area contributed by atoms with Crippen molar-refractivity contribution in [1.82, 2.24) is 4.98 Å². The molecule has 0 spiro atoms. The summed E-state index contributed by atoms with van der Waals surface area (Å²) >= 11 is 0. The van der Waals surface area contributed by atoms with E-state index in [1.807, 2.05) is 18.2 Å². The summed E-state index contributed by atoms with van der Waals surface area (Å²) in [6, 6.07) is 13.0. The number of pyridine rings is 1. The van der Waals surface area contributed by atoms with Gasteiger partial charge in [-0.3, -0.25) is 9.78 Å². The van der Waals surface area contributed by atoms with Gasteiger partial charge in [-0.05, 0) is 84.7 Å². The van der Waals surface area contributed by atoms with Crippen molar-refractivity contribution in [3.05, 3.63) is 94.6 Å². The van der Waals surface area contributed by atoms with Gasteiger partial charge < -0.3 is 10.0 Å². The molecule has 1 atom stereocenters. The van der Waals surface area contributed by atoms with Crippen LogP contribution in [0.25, 0.3) is 0 Å². The molecule has 0 saturated carbocycles. The van der Waals surface area contributed by atoms with Gasteiger partial charge >= 0.3 is 6.18 Å². The molecule has 2 aromatic carbocycles.